The van der Waals surface area contributed by atoms with Crippen LogP contribution < -0.4 is 0 Å². The Kier molecular flexibility index (Phi) is 42.9. The summed E-state index contributed by atoms with van der Waals surface area (Å²) in [6.45, 7) is 26.6. The number of carbonyl (C=O) groups excluding carboxylic acids is 2. The van der Waals surface area contributed by atoms with Gasteiger partial charge in [0.25, 0.3) is 0 Å². The minimum Gasteiger partial charge on any atom is -0.545 e. The Morgan fingerprint density at radius 1 is 1.06 bits per heavy atom. The van der Waals surface area contributed by atoms with Crippen molar-refractivity contribution in [3.63, 3.8) is 0 Å². The largest absolute Gasteiger partial charge is 4.00 e. The van der Waals surface area contributed by atoms with Crippen LogP contribution in [0.25, 0.3) is 4.85 Å². The third-order valence-electron chi connectivity index (χ3n) is 1.20. The molecular formula is C14H26NO2Ru+. The molecule has 0 unspecified atom stereocenters. The first-order chi connectivity index (χ1) is 7.79. The van der Waals surface area contributed by atoms with Crippen LogP contribution in [-0.2, 0) is 29.1 Å². The summed E-state index contributed by atoms with van der Waals surface area (Å²) in [5, 5.41) is 0. The third-order valence-corrected chi connectivity index (χ3v) is 1.20. The van der Waals surface area contributed by atoms with Crippen LogP contribution >= 0.6 is 0 Å². The van der Waals surface area contributed by atoms with Gasteiger partial charge in [0.1, 0.15) is 0 Å². The van der Waals surface area contributed by atoms with Crippen molar-refractivity contribution < 1.29 is 29.1 Å². The maximum absolute atomic E-state index is 7.75. The van der Waals surface area contributed by atoms with Gasteiger partial charge in [0.05, 0.1) is 0 Å². The Bertz CT molecular complexity index is 167. The van der Waals surface area contributed by atoms with E-state index in [0.29, 0.717) is 12.0 Å². The molecule has 0 bridgehead atoms. The van der Waals surface area contributed by atoms with Gasteiger partial charge in [0.15, 0.2) is 0 Å². The molecule has 0 radical (unpaired) electrons. The Morgan fingerprint density at radius 2 is 1.33 bits per heavy atom. The van der Waals surface area contributed by atoms with Crippen LogP contribution in [0.2, 0.25) is 0 Å². The van der Waals surface area contributed by atoms with Crippen molar-refractivity contribution in [2.75, 3.05) is 6.54 Å². The predicted molar refractivity (Wildman–Crippen MR) is 73.9 cm³/mol. The van der Waals surface area contributed by atoms with Crippen LogP contribution in [0.4, 0.5) is 0 Å². The number of nitrogens with zero attached hydrogens (tertiary/aromatic N) is 1. The fraction of sp³-hybridized carbons (Fsp3) is 0.714. The van der Waals surface area contributed by atoms with E-state index >= 15 is 0 Å². The standard InChI is InChI=1S/C8H15N.C4H9.2CHO.Ru/c1-8(2,3)6-5-7-9-4;1-4(2)3;2*1-2;/h5-7H2,1-3H3;1-3H3;2*1H;/q;3*-1;+4. The minimum absolute atomic E-state index is 0. The van der Waals surface area contributed by atoms with Crippen molar-refractivity contribution in [1.82, 2.24) is 0 Å². The van der Waals surface area contributed by atoms with E-state index in [-0.39, 0.29) is 19.5 Å². The Hall–Kier alpha value is -0.547. The number of hydrogen-bond acceptors (Lipinski definition) is 2. The molecule has 0 atom stereocenters. The Balaban J connectivity index is -0.0000000532. The summed E-state index contributed by atoms with van der Waals surface area (Å²) < 4.78 is 0. The van der Waals surface area contributed by atoms with Gasteiger partial charge in [-0.15, -0.1) is 0 Å². The van der Waals surface area contributed by atoms with Gasteiger partial charge >= 0.3 is 19.5 Å². The van der Waals surface area contributed by atoms with Crippen LogP contribution in [0.1, 0.15) is 54.4 Å². The molecule has 0 aliphatic heterocycles. The molecule has 106 valence electrons. The van der Waals surface area contributed by atoms with Crippen LogP contribution in [0.5, 0.6) is 0 Å². The quantitative estimate of drug-likeness (QED) is 0.332. The molecule has 0 amide bonds. The summed E-state index contributed by atoms with van der Waals surface area (Å²) in [5.41, 5.74) is 0.407. The van der Waals surface area contributed by atoms with Gasteiger partial charge in [-0.05, 0) is 11.8 Å². The van der Waals surface area contributed by atoms with Gasteiger partial charge in [-0.2, -0.15) is 20.8 Å². The van der Waals surface area contributed by atoms with Crippen molar-refractivity contribution >= 4 is 13.6 Å². The summed E-state index contributed by atoms with van der Waals surface area (Å²) in [6.07, 6.45) is 2.21. The predicted octanol–water partition coefficient (Wildman–Crippen LogP) is 3.80. The molecule has 0 aliphatic rings. The molecular weight excluding hydrogens is 315 g/mol. The molecule has 18 heavy (non-hydrogen) atoms. The fourth-order valence-electron chi connectivity index (χ4n) is 0.688. The Morgan fingerprint density at radius 3 is 1.50 bits per heavy atom. The van der Waals surface area contributed by atoms with Gasteiger partial charge in [0.2, 0.25) is 6.54 Å². The van der Waals surface area contributed by atoms with Crippen LogP contribution in [0.3, 0.4) is 0 Å². The van der Waals surface area contributed by atoms with E-state index in [1.54, 1.807) is 0 Å². The molecule has 0 aromatic carbocycles. The topological polar surface area (TPSA) is 38.5 Å². The first-order valence-corrected chi connectivity index (χ1v) is 5.36. The molecule has 0 saturated carbocycles. The molecule has 0 saturated heterocycles. The Labute approximate surface area is 126 Å². The summed E-state index contributed by atoms with van der Waals surface area (Å²) in [4.78, 5) is 18.8. The smallest absolute Gasteiger partial charge is 0.545 e. The maximum Gasteiger partial charge on any atom is 4.00 e. The molecule has 0 heterocycles. The monoisotopic (exact) mass is 342 g/mol. The molecule has 0 aromatic heterocycles. The zero-order valence-electron chi connectivity index (χ0n) is 12.4. The van der Waals surface area contributed by atoms with Crippen LogP contribution in [0.15, 0.2) is 0 Å². The first kappa shape index (κ1) is 30.5. The van der Waals surface area contributed by atoms with E-state index in [1.165, 1.54) is 5.92 Å². The van der Waals surface area contributed by atoms with Crippen LogP contribution in [-0.4, -0.2) is 20.1 Å². The summed E-state index contributed by atoms with van der Waals surface area (Å²) >= 11 is 0. The average Bonchev–Trinajstić information content (AvgIpc) is 2.22. The van der Waals surface area contributed by atoms with Gasteiger partial charge in [-0.1, -0.05) is 20.8 Å². The van der Waals surface area contributed by atoms with Crippen molar-refractivity contribution in [3.8, 4) is 0 Å². The van der Waals surface area contributed by atoms with E-state index in [1.807, 2.05) is 0 Å². The second-order valence-electron chi connectivity index (χ2n) is 5.05. The second-order valence-corrected chi connectivity index (χ2v) is 5.05. The van der Waals surface area contributed by atoms with Crippen molar-refractivity contribution in [2.45, 2.75) is 54.4 Å². The first-order valence-electron chi connectivity index (χ1n) is 5.36. The minimum atomic E-state index is 0. The molecule has 4 heteroatoms. The second kappa shape index (κ2) is 25.3. The molecule has 0 aromatic rings. The molecule has 0 fully saturated rings. The van der Waals surface area contributed by atoms with Gasteiger partial charge in [-0.3, -0.25) is 13.6 Å². The zero-order chi connectivity index (χ0) is 14.9. The maximum atomic E-state index is 7.75. The molecule has 3 nitrogen and oxygen atoms in total. The zero-order valence-corrected chi connectivity index (χ0v) is 14.1. The fourth-order valence-corrected chi connectivity index (χ4v) is 0.688. The van der Waals surface area contributed by atoms with Gasteiger partial charge in [0, 0.05) is 6.42 Å². The van der Waals surface area contributed by atoms with Gasteiger partial charge in [-0.25, -0.2) is 6.57 Å². The van der Waals surface area contributed by atoms with Crippen LogP contribution in [0, 0.1) is 17.9 Å². The third kappa shape index (κ3) is 109. The molecule has 0 spiro atoms. The van der Waals surface area contributed by atoms with E-state index in [9.17, 15) is 0 Å². The molecule has 0 N–H and O–H groups in total. The summed E-state index contributed by atoms with van der Waals surface area (Å²) in [6, 6.07) is 0. The van der Waals surface area contributed by atoms with Gasteiger partial charge < -0.3 is 20.4 Å². The van der Waals surface area contributed by atoms with Crippen molar-refractivity contribution in [3.05, 3.63) is 17.3 Å². The van der Waals surface area contributed by atoms with E-state index in [0.717, 1.165) is 12.8 Å². The number of hydrogen-bond donors (Lipinski definition) is 0. The normalized spacial score (nSPS) is 7.89. The van der Waals surface area contributed by atoms with E-state index in [2.05, 4.69) is 60.0 Å². The van der Waals surface area contributed by atoms with E-state index in [4.69, 9.17) is 16.2 Å². The summed E-state index contributed by atoms with van der Waals surface area (Å²) in [7, 11) is 0. The SMILES string of the molecule is C[C-](C)C.[C-]#[N+]CCCC(C)(C)C.[CH-]=O.[CH-]=O.[Ru+4]. The van der Waals surface area contributed by atoms with E-state index < -0.39 is 0 Å². The molecule has 0 rings (SSSR count). The molecule has 0 aliphatic carbocycles. The summed E-state index contributed by atoms with van der Waals surface area (Å²) in [5.74, 6) is 1.42. The van der Waals surface area contributed by atoms with Crippen molar-refractivity contribution in [1.29, 1.82) is 0 Å². The number of rotatable bonds is 2. The average molecular weight is 341 g/mol. The van der Waals surface area contributed by atoms with Crippen molar-refractivity contribution in [2.24, 2.45) is 5.41 Å².